The highest BCUT2D eigenvalue weighted by molar-refractivity contribution is 7.84. The zero-order valence-corrected chi connectivity index (χ0v) is 6.51. The molecule has 64 valence electrons. The van der Waals surface area contributed by atoms with Crippen LogP contribution in [0, 0.1) is 0 Å². The second kappa shape index (κ2) is 3.44. The third kappa shape index (κ3) is 6.94. The van der Waals surface area contributed by atoms with Crippen LogP contribution in [0.15, 0.2) is 0 Å². The lowest BCUT2D eigenvalue weighted by Crippen LogP contribution is -2.30. The molecule has 0 aliphatic heterocycles. The van der Waals surface area contributed by atoms with Crippen molar-refractivity contribution in [2.24, 2.45) is 0 Å². The zero-order chi connectivity index (χ0) is 9.07. The number of carbonyl (C=O) groups is 2. The van der Waals surface area contributed by atoms with Gasteiger partial charge in [0.1, 0.15) is 5.78 Å². The van der Waals surface area contributed by atoms with Crippen molar-refractivity contribution in [3.63, 3.8) is 0 Å². The molecule has 0 fully saturated rings. The summed E-state index contributed by atoms with van der Waals surface area (Å²) in [6.45, 7) is 1.13. The van der Waals surface area contributed by atoms with E-state index in [1.165, 1.54) is 4.72 Å². The van der Waals surface area contributed by atoms with Gasteiger partial charge in [0.05, 0.1) is 6.42 Å². The van der Waals surface area contributed by atoms with E-state index in [1.807, 2.05) is 0 Å². The van der Waals surface area contributed by atoms with Crippen LogP contribution in [0.25, 0.3) is 0 Å². The summed E-state index contributed by atoms with van der Waals surface area (Å²) in [4.78, 5) is 20.6. The highest BCUT2D eigenvalue weighted by Gasteiger charge is 2.11. The van der Waals surface area contributed by atoms with Gasteiger partial charge in [0.25, 0.3) is 0 Å². The monoisotopic (exact) mass is 181 g/mol. The molecule has 0 aromatic carbocycles. The summed E-state index contributed by atoms with van der Waals surface area (Å²) in [6, 6.07) is 0. The Morgan fingerprint density at radius 1 is 1.45 bits per heavy atom. The number of hydrogen-bond acceptors (Lipinski definition) is 4. The van der Waals surface area contributed by atoms with E-state index in [2.05, 4.69) is 0 Å². The average Bonchev–Trinajstić information content (AvgIpc) is 1.53. The van der Waals surface area contributed by atoms with Gasteiger partial charge in [0, 0.05) is 0 Å². The highest BCUT2D eigenvalue weighted by atomic mass is 32.2. The molecule has 0 radical (unpaired) electrons. The standard InChI is InChI=1S/C4H7NO5S/c1-3(6)2-4(7)5-11(8,9)10/h2H2,1H3,(H,5,7)(H,8,9,10). The van der Waals surface area contributed by atoms with Crippen LogP contribution in [0.1, 0.15) is 13.3 Å². The minimum atomic E-state index is -4.52. The number of Topliss-reactive ketones (excluding diaryl/α,β-unsaturated/α-hetero) is 1. The molecule has 1 amide bonds. The molecule has 0 aromatic heterocycles. The minimum Gasteiger partial charge on any atom is -0.299 e. The van der Waals surface area contributed by atoms with Crippen molar-refractivity contribution >= 4 is 22.0 Å². The van der Waals surface area contributed by atoms with Crippen molar-refractivity contribution in [1.82, 2.24) is 4.72 Å². The van der Waals surface area contributed by atoms with E-state index >= 15 is 0 Å². The summed E-state index contributed by atoms with van der Waals surface area (Å²) in [5.74, 6) is -1.52. The zero-order valence-electron chi connectivity index (χ0n) is 5.70. The van der Waals surface area contributed by atoms with E-state index in [0.717, 1.165) is 6.92 Å². The van der Waals surface area contributed by atoms with Crippen LogP contribution in [-0.2, 0) is 19.9 Å². The Hall–Kier alpha value is -0.950. The molecule has 0 aliphatic carbocycles. The predicted molar refractivity (Wildman–Crippen MR) is 35.0 cm³/mol. The van der Waals surface area contributed by atoms with E-state index in [9.17, 15) is 18.0 Å². The van der Waals surface area contributed by atoms with E-state index in [4.69, 9.17) is 4.55 Å². The number of hydrogen-bond donors (Lipinski definition) is 2. The average molecular weight is 181 g/mol. The Bertz CT molecular complexity index is 266. The molecule has 7 heteroatoms. The molecule has 0 aliphatic rings. The van der Waals surface area contributed by atoms with Crippen LogP contribution in [0.2, 0.25) is 0 Å². The largest absolute Gasteiger partial charge is 0.359 e. The number of nitrogens with one attached hydrogen (secondary N) is 1. The Labute approximate surface area is 63.5 Å². The fourth-order valence-electron chi connectivity index (χ4n) is 0.406. The van der Waals surface area contributed by atoms with Crippen LogP contribution >= 0.6 is 0 Å². The maximum absolute atomic E-state index is 10.4. The maximum atomic E-state index is 10.4. The molecule has 0 spiro atoms. The molecule has 0 bridgehead atoms. The second-order valence-corrected chi connectivity index (χ2v) is 3.03. The Morgan fingerprint density at radius 3 is 2.18 bits per heavy atom. The van der Waals surface area contributed by atoms with Gasteiger partial charge < -0.3 is 0 Å². The fourth-order valence-corrected chi connectivity index (χ4v) is 0.766. The highest BCUT2D eigenvalue weighted by Crippen LogP contribution is 1.83. The molecule has 2 N–H and O–H groups in total. The fraction of sp³-hybridized carbons (Fsp3) is 0.500. The van der Waals surface area contributed by atoms with Crippen molar-refractivity contribution in [3.05, 3.63) is 0 Å². The second-order valence-electron chi connectivity index (χ2n) is 1.88. The van der Waals surface area contributed by atoms with Gasteiger partial charge in [-0.05, 0) is 6.92 Å². The first-order chi connectivity index (χ1) is 4.81. The summed E-state index contributed by atoms with van der Waals surface area (Å²) >= 11 is 0. The van der Waals surface area contributed by atoms with Crippen molar-refractivity contribution in [1.29, 1.82) is 0 Å². The Balaban J connectivity index is 4.01. The van der Waals surface area contributed by atoms with Gasteiger partial charge >= 0.3 is 10.3 Å². The van der Waals surface area contributed by atoms with Gasteiger partial charge in [0.2, 0.25) is 5.91 Å². The van der Waals surface area contributed by atoms with E-state index in [-0.39, 0.29) is 0 Å². The summed E-state index contributed by atoms with van der Waals surface area (Å²) < 4.78 is 29.1. The number of amides is 1. The SMILES string of the molecule is CC(=O)CC(=O)NS(=O)(=O)O. The van der Waals surface area contributed by atoms with Gasteiger partial charge in [-0.25, -0.2) is 4.72 Å². The third-order valence-electron chi connectivity index (χ3n) is 0.652. The van der Waals surface area contributed by atoms with Gasteiger partial charge in [-0.3, -0.25) is 14.1 Å². The predicted octanol–water partition coefficient (Wildman–Crippen LogP) is -1.12. The lowest BCUT2D eigenvalue weighted by Gasteiger charge is -1.96. The molecule has 0 heterocycles. The lowest BCUT2D eigenvalue weighted by molar-refractivity contribution is -0.126. The first-order valence-electron chi connectivity index (χ1n) is 2.59. The molecule has 0 unspecified atom stereocenters. The van der Waals surface area contributed by atoms with Crippen LogP contribution in [-0.4, -0.2) is 24.7 Å². The molecule has 0 aromatic rings. The normalized spacial score (nSPS) is 10.7. The van der Waals surface area contributed by atoms with Crippen molar-refractivity contribution in [2.45, 2.75) is 13.3 Å². The van der Waals surface area contributed by atoms with Crippen LogP contribution < -0.4 is 4.72 Å². The van der Waals surface area contributed by atoms with Crippen molar-refractivity contribution in [2.75, 3.05) is 0 Å². The summed E-state index contributed by atoms with van der Waals surface area (Å²) in [7, 11) is -4.52. The molecular weight excluding hydrogens is 174 g/mol. The summed E-state index contributed by atoms with van der Waals surface area (Å²) in [5, 5.41) is 0. The molecular formula is C4H7NO5S. The van der Waals surface area contributed by atoms with Crippen LogP contribution in [0.4, 0.5) is 0 Å². The lowest BCUT2D eigenvalue weighted by atomic mass is 10.3. The Morgan fingerprint density at radius 2 is 1.91 bits per heavy atom. The molecule has 0 rings (SSSR count). The maximum Gasteiger partial charge on any atom is 0.359 e. The summed E-state index contributed by atoms with van der Waals surface area (Å²) in [5.41, 5.74) is 0. The molecule has 6 nitrogen and oxygen atoms in total. The van der Waals surface area contributed by atoms with Crippen LogP contribution in [0.3, 0.4) is 0 Å². The van der Waals surface area contributed by atoms with Gasteiger partial charge in [0.15, 0.2) is 0 Å². The van der Waals surface area contributed by atoms with Gasteiger partial charge in [-0.1, -0.05) is 0 Å². The smallest absolute Gasteiger partial charge is 0.299 e. The quantitative estimate of drug-likeness (QED) is 0.424. The van der Waals surface area contributed by atoms with E-state index in [0.29, 0.717) is 0 Å². The van der Waals surface area contributed by atoms with Crippen molar-refractivity contribution in [3.8, 4) is 0 Å². The third-order valence-corrected chi connectivity index (χ3v) is 1.14. The number of ketones is 1. The molecule has 0 atom stereocenters. The summed E-state index contributed by atoms with van der Waals surface area (Å²) in [6.07, 6.45) is -0.556. The first kappa shape index (κ1) is 10.0. The van der Waals surface area contributed by atoms with Crippen molar-refractivity contribution < 1.29 is 22.6 Å². The topological polar surface area (TPSA) is 101 Å². The number of rotatable bonds is 3. The number of carbonyl (C=O) groups excluding carboxylic acids is 2. The minimum absolute atomic E-state index is 0.480. The molecule has 0 saturated heterocycles. The molecule has 0 saturated carbocycles. The van der Waals surface area contributed by atoms with E-state index in [1.54, 1.807) is 0 Å². The molecule has 11 heavy (non-hydrogen) atoms. The first-order valence-corrected chi connectivity index (χ1v) is 4.03. The van der Waals surface area contributed by atoms with Gasteiger partial charge in [-0.2, -0.15) is 8.42 Å². The van der Waals surface area contributed by atoms with E-state index < -0.39 is 28.4 Å². The Kier molecular flexibility index (Phi) is 3.15. The van der Waals surface area contributed by atoms with Crippen LogP contribution in [0.5, 0.6) is 0 Å². The van der Waals surface area contributed by atoms with Gasteiger partial charge in [-0.15, -0.1) is 0 Å².